The molecule has 1 saturated carbocycles. The van der Waals surface area contributed by atoms with E-state index in [2.05, 4.69) is 20.8 Å². The molecule has 1 heterocycles. The van der Waals surface area contributed by atoms with Crippen molar-refractivity contribution in [3.8, 4) is 0 Å². The van der Waals surface area contributed by atoms with Crippen molar-refractivity contribution in [2.75, 3.05) is 11.2 Å². The van der Waals surface area contributed by atoms with Gasteiger partial charge in [0.1, 0.15) is 0 Å². The van der Waals surface area contributed by atoms with Gasteiger partial charge in [0.15, 0.2) is 0 Å². The number of tetrazole rings is 1. The van der Waals surface area contributed by atoms with E-state index >= 15 is 0 Å². The highest BCUT2D eigenvalue weighted by Gasteiger charge is 2.25. The number of rotatable bonds is 4. The summed E-state index contributed by atoms with van der Waals surface area (Å²) >= 11 is 5.98. The molecule has 0 amide bonds. The summed E-state index contributed by atoms with van der Waals surface area (Å²) in [4.78, 5) is 0. The largest absolute Gasteiger partial charge is 0.349 e. The van der Waals surface area contributed by atoms with Gasteiger partial charge in [0.25, 0.3) is 0 Å². The molecule has 1 aromatic heterocycles. The van der Waals surface area contributed by atoms with Crippen LogP contribution in [0.4, 0.5) is 5.95 Å². The van der Waals surface area contributed by atoms with Gasteiger partial charge in [0, 0.05) is 19.0 Å². The standard InChI is InChI=1S/C9H16ClN5/c1-15-9(12-13-14-15)11-8(6-10)7-4-2-3-5-7/h7-8H,2-6H2,1H3,(H,11,12,14). The maximum atomic E-state index is 5.98. The lowest BCUT2D eigenvalue weighted by molar-refractivity contribution is 0.481. The van der Waals surface area contributed by atoms with Crippen LogP contribution in [0.15, 0.2) is 0 Å². The summed E-state index contributed by atoms with van der Waals surface area (Å²) < 4.78 is 1.63. The van der Waals surface area contributed by atoms with Crippen LogP contribution in [0.2, 0.25) is 0 Å². The number of nitrogens with one attached hydrogen (secondary N) is 1. The SMILES string of the molecule is Cn1nnnc1NC(CCl)C1CCCC1. The summed E-state index contributed by atoms with van der Waals surface area (Å²) in [6, 6.07) is 0.291. The van der Waals surface area contributed by atoms with Crippen LogP contribution >= 0.6 is 11.6 Å². The van der Waals surface area contributed by atoms with Crippen LogP contribution < -0.4 is 5.32 Å². The minimum absolute atomic E-state index is 0.291. The minimum atomic E-state index is 0.291. The van der Waals surface area contributed by atoms with Crippen LogP contribution in [-0.2, 0) is 7.05 Å². The Morgan fingerprint density at radius 2 is 2.27 bits per heavy atom. The second kappa shape index (κ2) is 4.79. The van der Waals surface area contributed by atoms with Crippen LogP contribution in [0, 0.1) is 5.92 Å². The van der Waals surface area contributed by atoms with Crippen LogP contribution in [0.25, 0.3) is 0 Å². The molecule has 0 saturated heterocycles. The quantitative estimate of drug-likeness (QED) is 0.794. The van der Waals surface area contributed by atoms with E-state index in [4.69, 9.17) is 11.6 Å². The third kappa shape index (κ3) is 2.40. The van der Waals surface area contributed by atoms with Crippen molar-refractivity contribution >= 4 is 17.5 Å². The van der Waals surface area contributed by atoms with Crippen LogP contribution in [-0.4, -0.2) is 32.1 Å². The molecule has 0 radical (unpaired) electrons. The second-order valence-electron chi connectivity index (χ2n) is 4.08. The summed E-state index contributed by atoms with van der Waals surface area (Å²) in [5.74, 6) is 1.98. The maximum Gasteiger partial charge on any atom is 0.242 e. The third-order valence-electron chi connectivity index (χ3n) is 3.07. The normalized spacial score (nSPS) is 19.3. The molecule has 1 atom stereocenters. The number of hydrogen-bond donors (Lipinski definition) is 1. The maximum absolute atomic E-state index is 5.98. The lowest BCUT2D eigenvalue weighted by Gasteiger charge is -2.21. The highest BCUT2D eigenvalue weighted by molar-refractivity contribution is 6.18. The van der Waals surface area contributed by atoms with E-state index in [1.165, 1.54) is 25.7 Å². The number of halogens is 1. The molecule has 1 unspecified atom stereocenters. The Labute approximate surface area is 94.2 Å². The zero-order chi connectivity index (χ0) is 10.7. The number of alkyl halides is 1. The minimum Gasteiger partial charge on any atom is -0.349 e. The van der Waals surface area contributed by atoms with E-state index in [0.717, 1.165) is 0 Å². The first-order valence-electron chi connectivity index (χ1n) is 5.36. The van der Waals surface area contributed by atoms with E-state index in [-0.39, 0.29) is 0 Å². The number of nitrogens with zero attached hydrogens (tertiary/aromatic N) is 4. The number of anilines is 1. The lowest BCUT2D eigenvalue weighted by Crippen LogP contribution is -2.30. The van der Waals surface area contributed by atoms with Crippen molar-refractivity contribution in [3.63, 3.8) is 0 Å². The van der Waals surface area contributed by atoms with Crippen molar-refractivity contribution < 1.29 is 0 Å². The Hall–Kier alpha value is -0.840. The molecular weight excluding hydrogens is 214 g/mol. The Morgan fingerprint density at radius 3 is 2.80 bits per heavy atom. The first-order chi connectivity index (χ1) is 7.31. The molecule has 1 aliphatic rings. The van der Waals surface area contributed by atoms with Crippen LogP contribution in [0.3, 0.4) is 0 Å². The average Bonchev–Trinajstić information content (AvgIpc) is 2.86. The monoisotopic (exact) mass is 229 g/mol. The van der Waals surface area contributed by atoms with Crippen molar-refractivity contribution in [1.29, 1.82) is 0 Å². The van der Waals surface area contributed by atoms with E-state index in [9.17, 15) is 0 Å². The molecule has 15 heavy (non-hydrogen) atoms. The summed E-state index contributed by atoms with van der Waals surface area (Å²) in [5, 5.41) is 14.6. The van der Waals surface area contributed by atoms with Gasteiger partial charge in [-0.25, -0.2) is 4.68 Å². The molecule has 0 spiro atoms. The van der Waals surface area contributed by atoms with Gasteiger partial charge in [0.05, 0.1) is 0 Å². The summed E-state index contributed by atoms with van der Waals surface area (Å²) in [6.45, 7) is 0. The molecule has 0 bridgehead atoms. The van der Waals surface area contributed by atoms with Crippen molar-refractivity contribution in [2.45, 2.75) is 31.7 Å². The molecule has 2 rings (SSSR count). The fourth-order valence-electron chi connectivity index (χ4n) is 2.16. The van der Waals surface area contributed by atoms with E-state index < -0.39 is 0 Å². The van der Waals surface area contributed by atoms with Gasteiger partial charge in [-0.05, 0) is 29.2 Å². The number of aromatic nitrogens is 4. The highest BCUT2D eigenvalue weighted by atomic mass is 35.5. The molecule has 0 aromatic carbocycles. The molecule has 0 aliphatic heterocycles. The zero-order valence-corrected chi connectivity index (χ0v) is 9.61. The molecule has 1 N–H and O–H groups in total. The Kier molecular flexibility index (Phi) is 3.41. The van der Waals surface area contributed by atoms with Crippen LogP contribution in [0.5, 0.6) is 0 Å². The van der Waals surface area contributed by atoms with Crippen molar-refractivity contribution in [3.05, 3.63) is 0 Å². The van der Waals surface area contributed by atoms with Gasteiger partial charge in [-0.3, -0.25) is 0 Å². The summed E-state index contributed by atoms with van der Waals surface area (Å²) in [6.07, 6.45) is 5.15. The fraction of sp³-hybridized carbons (Fsp3) is 0.889. The molecular formula is C9H16ClN5. The predicted molar refractivity (Wildman–Crippen MR) is 58.9 cm³/mol. The second-order valence-corrected chi connectivity index (χ2v) is 4.38. The molecule has 1 fully saturated rings. The number of hydrogen-bond acceptors (Lipinski definition) is 4. The van der Waals surface area contributed by atoms with Gasteiger partial charge in [0.2, 0.25) is 5.95 Å². The fourth-order valence-corrected chi connectivity index (χ4v) is 2.49. The van der Waals surface area contributed by atoms with E-state index in [1.54, 1.807) is 4.68 Å². The van der Waals surface area contributed by atoms with E-state index in [0.29, 0.717) is 23.8 Å². The lowest BCUT2D eigenvalue weighted by atomic mass is 10.00. The molecule has 6 heteroatoms. The Morgan fingerprint density at radius 1 is 1.53 bits per heavy atom. The molecule has 5 nitrogen and oxygen atoms in total. The van der Waals surface area contributed by atoms with Gasteiger partial charge < -0.3 is 5.32 Å². The van der Waals surface area contributed by atoms with Crippen molar-refractivity contribution in [1.82, 2.24) is 20.2 Å². The topological polar surface area (TPSA) is 55.6 Å². The van der Waals surface area contributed by atoms with Gasteiger partial charge in [-0.15, -0.1) is 11.6 Å². The predicted octanol–water partition coefficient (Wildman–Crippen LogP) is 1.42. The van der Waals surface area contributed by atoms with Crippen molar-refractivity contribution in [2.24, 2.45) is 13.0 Å². The van der Waals surface area contributed by atoms with E-state index in [1.807, 2.05) is 7.05 Å². The first-order valence-corrected chi connectivity index (χ1v) is 5.89. The average molecular weight is 230 g/mol. The first kappa shape index (κ1) is 10.7. The smallest absolute Gasteiger partial charge is 0.242 e. The highest BCUT2D eigenvalue weighted by Crippen LogP contribution is 2.29. The summed E-state index contributed by atoms with van der Waals surface area (Å²) in [5.41, 5.74) is 0. The molecule has 1 aliphatic carbocycles. The molecule has 1 aromatic rings. The zero-order valence-electron chi connectivity index (χ0n) is 8.86. The third-order valence-corrected chi connectivity index (χ3v) is 3.40. The molecule has 84 valence electrons. The Bertz CT molecular complexity index is 307. The summed E-state index contributed by atoms with van der Waals surface area (Å²) in [7, 11) is 1.82. The van der Waals surface area contributed by atoms with Gasteiger partial charge in [-0.2, -0.15) is 0 Å². The Balaban J connectivity index is 1.98. The number of aryl methyl sites for hydroxylation is 1. The van der Waals surface area contributed by atoms with Gasteiger partial charge in [-0.1, -0.05) is 17.9 Å². The van der Waals surface area contributed by atoms with Gasteiger partial charge >= 0.3 is 0 Å². The van der Waals surface area contributed by atoms with Crippen LogP contribution in [0.1, 0.15) is 25.7 Å².